The van der Waals surface area contributed by atoms with Gasteiger partial charge in [-0.25, -0.2) is 4.79 Å². The lowest BCUT2D eigenvalue weighted by Gasteiger charge is -2.35. The number of carbonyl (C=O) groups is 3. The zero-order valence-corrected chi connectivity index (χ0v) is 22.4. The average Bonchev–Trinajstić information content (AvgIpc) is 2.64. The number of aryl methyl sites for hydroxylation is 1. The molecule has 1 aromatic rings. The standard InChI is InChI=1S/C26H43N3O5/c1-11-29(23(32)19(14-16(2)3)27-24(33)34-26(8,9)10)21(22(31)28-25(5,6)7)18-12-13-20(30)17(4)15-18/h12-13,15-16,19,21,30H,11,14H2,1-10H3,(H,27,33)(H,28,31). The second-order valence-corrected chi connectivity index (χ2v) is 11.1. The average molecular weight is 478 g/mol. The first-order valence-electron chi connectivity index (χ1n) is 11.9. The smallest absolute Gasteiger partial charge is 0.408 e. The number of phenolic OH excluding ortho intramolecular Hbond substituents is 1. The Balaban J connectivity index is 3.43. The van der Waals surface area contributed by atoms with Crippen LogP contribution in [0.2, 0.25) is 0 Å². The number of carbonyl (C=O) groups excluding carboxylic acids is 3. The summed E-state index contributed by atoms with van der Waals surface area (Å²) in [5.74, 6) is -0.493. The third-order valence-electron chi connectivity index (χ3n) is 4.91. The fraction of sp³-hybridized carbons (Fsp3) is 0.654. The SMILES string of the molecule is CCN(C(=O)C(CC(C)C)NC(=O)OC(C)(C)C)C(C(=O)NC(C)(C)C)c1ccc(O)c(C)c1. The molecule has 0 aromatic heterocycles. The van der Waals surface area contributed by atoms with E-state index in [1.807, 2.05) is 34.6 Å². The lowest BCUT2D eigenvalue weighted by Crippen LogP contribution is -2.54. The van der Waals surface area contributed by atoms with E-state index in [2.05, 4.69) is 10.6 Å². The molecule has 2 atom stereocenters. The second-order valence-electron chi connectivity index (χ2n) is 11.1. The molecular weight excluding hydrogens is 434 g/mol. The topological polar surface area (TPSA) is 108 Å². The summed E-state index contributed by atoms with van der Waals surface area (Å²) < 4.78 is 5.37. The molecule has 3 N–H and O–H groups in total. The highest BCUT2D eigenvalue weighted by Crippen LogP contribution is 2.28. The number of alkyl carbamates (subject to hydrolysis) is 1. The summed E-state index contributed by atoms with van der Waals surface area (Å²) >= 11 is 0. The second kappa shape index (κ2) is 11.6. The van der Waals surface area contributed by atoms with Crippen LogP contribution >= 0.6 is 0 Å². The fourth-order valence-corrected chi connectivity index (χ4v) is 3.57. The number of ether oxygens (including phenoxy) is 1. The van der Waals surface area contributed by atoms with Gasteiger partial charge in [-0.15, -0.1) is 0 Å². The van der Waals surface area contributed by atoms with E-state index in [4.69, 9.17) is 4.74 Å². The quantitative estimate of drug-likeness (QED) is 0.513. The Hall–Kier alpha value is -2.77. The van der Waals surface area contributed by atoms with E-state index in [9.17, 15) is 19.5 Å². The summed E-state index contributed by atoms with van der Waals surface area (Å²) in [7, 11) is 0. The fourth-order valence-electron chi connectivity index (χ4n) is 3.57. The number of likely N-dealkylation sites (N-methyl/N-ethyl adjacent to an activating group) is 1. The van der Waals surface area contributed by atoms with Gasteiger partial charge >= 0.3 is 6.09 Å². The molecule has 0 saturated carbocycles. The van der Waals surface area contributed by atoms with Gasteiger partial charge in [0.25, 0.3) is 0 Å². The summed E-state index contributed by atoms with van der Waals surface area (Å²) in [6.45, 7) is 18.6. The molecule has 3 amide bonds. The molecule has 1 aromatic carbocycles. The Labute approximate surface area is 204 Å². The van der Waals surface area contributed by atoms with Crippen LogP contribution in [0.3, 0.4) is 0 Å². The van der Waals surface area contributed by atoms with Gasteiger partial charge in [-0.1, -0.05) is 19.9 Å². The number of phenols is 1. The molecule has 8 heteroatoms. The van der Waals surface area contributed by atoms with E-state index in [0.29, 0.717) is 17.5 Å². The molecule has 2 unspecified atom stereocenters. The van der Waals surface area contributed by atoms with Crippen molar-refractivity contribution in [3.05, 3.63) is 29.3 Å². The molecule has 0 bridgehead atoms. The minimum Gasteiger partial charge on any atom is -0.508 e. The van der Waals surface area contributed by atoms with Crippen molar-refractivity contribution < 1.29 is 24.2 Å². The predicted octanol–water partition coefficient (Wildman–Crippen LogP) is 4.44. The minimum absolute atomic E-state index is 0.109. The number of nitrogens with zero attached hydrogens (tertiary/aromatic N) is 1. The first kappa shape index (κ1) is 29.3. The monoisotopic (exact) mass is 477 g/mol. The predicted molar refractivity (Wildman–Crippen MR) is 133 cm³/mol. The van der Waals surface area contributed by atoms with Crippen LogP contribution in [-0.2, 0) is 14.3 Å². The van der Waals surface area contributed by atoms with Crippen molar-refractivity contribution in [2.45, 2.75) is 98.9 Å². The lowest BCUT2D eigenvalue weighted by molar-refractivity contribution is -0.143. The summed E-state index contributed by atoms with van der Waals surface area (Å²) in [6.07, 6.45) is -0.296. The maximum atomic E-state index is 13.8. The van der Waals surface area contributed by atoms with Crippen LogP contribution in [-0.4, -0.2) is 51.6 Å². The molecule has 0 aliphatic heterocycles. The highest BCUT2D eigenvalue weighted by molar-refractivity contribution is 5.92. The number of hydrogen-bond donors (Lipinski definition) is 3. The number of aromatic hydroxyl groups is 1. The van der Waals surface area contributed by atoms with Gasteiger partial charge in [-0.05, 0) is 91.0 Å². The lowest BCUT2D eigenvalue weighted by atomic mass is 9.97. The van der Waals surface area contributed by atoms with Gasteiger partial charge in [0.1, 0.15) is 23.4 Å². The Morgan fingerprint density at radius 3 is 2.12 bits per heavy atom. The Morgan fingerprint density at radius 1 is 1.09 bits per heavy atom. The highest BCUT2D eigenvalue weighted by Gasteiger charge is 2.36. The van der Waals surface area contributed by atoms with Crippen LogP contribution in [0.5, 0.6) is 5.75 Å². The van der Waals surface area contributed by atoms with Crippen LogP contribution in [0.1, 0.15) is 85.9 Å². The third kappa shape index (κ3) is 9.23. The number of amides is 3. The van der Waals surface area contributed by atoms with Crippen molar-refractivity contribution in [3.63, 3.8) is 0 Å². The first-order valence-corrected chi connectivity index (χ1v) is 11.9. The van der Waals surface area contributed by atoms with Crippen molar-refractivity contribution in [1.82, 2.24) is 15.5 Å². The summed E-state index contributed by atoms with van der Waals surface area (Å²) in [5.41, 5.74) is -0.0536. The van der Waals surface area contributed by atoms with E-state index in [1.54, 1.807) is 46.8 Å². The van der Waals surface area contributed by atoms with Crippen LogP contribution < -0.4 is 10.6 Å². The largest absolute Gasteiger partial charge is 0.508 e. The maximum Gasteiger partial charge on any atom is 0.408 e. The van der Waals surface area contributed by atoms with E-state index in [-0.39, 0.29) is 30.0 Å². The Morgan fingerprint density at radius 2 is 1.68 bits per heavy atom. The molecule has 0 spiro atoms. The molecule has 34 heavy (non-hydrogen) atoms. The van der Waals surface area contributed by atoms with Gasteiger partial charge in [0.05, 0.1) is 0 Å². The summed E-state index contributed by atoms with van der Waals surface area (Å²) in [4.78, 5) is 41.2. The molecule has 1 rings (SSSR count). The van der Waals surface area contributed by atoms with Crippen LogP contribution in [0.25, 0.3) is 0 Å². The molecule has 0 fully saturated rings. The normalized spacial score (nSPS) is 13.7. The number of nitrogens with one attached hydrogen (secondary N) is 2. The molecule has 0 aliphatic carbocycles. The Kier molecular flexibility index (Phi) is 9.97. The van der Waals surface area contributed by atoms with Crippen LogP contribution in [0.15, 0.2) is 18.2 Å². The van der Waals surface area contributed by atoms with Gasteiger partial charge < -0.3 is 25.4 Å². The molecule has 0 radical (unpaired) electrons. The third-order valence-corrected chi connectivity index (χ3v) is 4.91. The van der Waals surface area contributed by atoms with E-state index >= 15 is 0 Å². The highest BCUT2D eigenvalue weighted by atomic mass is 16.6. The van der Waals surface area contributed by atoms with Gasteiger partial charge in [-0.3, -0.25) is 9.59 Å². The van der Waals surface area contributed by atoms with Crippen LogP contribution in [0, 0.1) is 12.8 Å². The zero-order chi connectivity index (χ0) is 26.4. The maximum absolute atomic E-state index is 13.8. The molecule has 0 aliphatic rings. The van der Waals surface area contributed by atoms with Gasteiger partial charge in [0.15, 0.2) is 0 Å². The van der Waals surface area contributed by atoms with Crippen molar-refractivity contribution in [1.29, 1.82) is 0 Å². The first-order chi connectivity index (χ1) is 15.4. The molecule has 0 heterocycles. The van der Waals surface area contributed by atoms with Crippen molar-refractivity contribution in [3.8, 4) is 5.75 Å². The summed E-state index contributed by atoms with van der Waals surface area (Å²) in [6, 6.07) is 3.07. The van der Waals surface area contributed by atoms with Gasteiger partial charge in [0.2, 0.25) is 11.8 Å². The van der Waals surface area contributed by atoms with Crippen molar-refractivity contribution >= 4 is 17.9 Å². The molecule has 192 valence electrons. The van der Waals surface area contributed by atoms with Crippen molar-refractivity contribution in [2.75, 3.05) is 6.54 Å². The zero-order valence-electron chi connectivity index (χ0n) is 22.4. The number of benzene rings is 1. The van der Waals surface area contributed by atoms with Crippen LogP contribution in [0.4, 0.5) is 4.79 Å². The number of rotatable bonds is 8. The summed E-state index contributed by atoms with van der Waals surface area (Å²) in [5, 5.41) is 15.7. The molecular formula is C26H43N3O5. The minimum atomic E-state index is -0.939. The molecule has 8 nitrogen and oxygen atoms in total. The van der Waals surface area contributed by atoms with E-state index in [0.717, 1.165) is 0 Å². The van der Waals surface area contributed by atoms with Gasteiger partial charge in [0, 0.05) is 12.1 Å². The van der Waals surface area contributed by atoms with Crippen molar-refractivity contribution in [2.24, 2.45) is 5.92 Å². The van der Waals surface area contributed by atoms with Gasteiger partial charge in [-0.2, -0.15) is 0 Å². The van der Waals surface area contributed by atoms with E-state index in [1.165, 1.54) is 11.0 Å². The number of hydrogen-bond acceptors (Lipinski definition) is 5. The molecule has 0 saturated heterocycles. The Bertz CT molecular complexity index is 868. The van der Waals surface area contributed by atoms with E-state index < -0.39 is 29.3 Å².